The molecule has 5 heteroatoms. The first-order valence-electron chi connectivity index (χ1n) is 17.4. The average Bonchev–Trinajstić information content (AvgIpc) is 3.92. The highest BCUT2D eigenvalue weighted by Crippen LogP contribution is 2.45. The van der Waals surface area contributed by atoms with Crippen molar-refractivity contribution in [3.05, 3.63) is 170 Å². The van der Waals surface area contributed by atoms with E-state index in [9.17, 15) is 0 Å². The lowest BCUT2D eigenvalue weighted by atomic mass is 10.0. The fourth-order valence-corrected chi connectivity index (χ4v) is 7.67. The van der Waals surface area contributed by atoms with Gasteiger partial charge in [-0.3, -0.25) is 0 Å². The summed E-state index contributed by atoms with van der Waals surface area (Å²) < 4.78 is 19.7. The number of hydrogen-bond acceptors (Lipinski definition) is 5. The number of furan rings is 2. The maximum Gasteiger partial charge on any atom is 0.228 e. The summed E-state index contributed by atoms with van der Waals surface area (Å²) in [5, 5.41) is 6.28. The molecule has 0 aliphatic carbocycles. The van der Waals surface area contributed by atoms with E-state index in [0.717, 1.165) is 93.9 Å². The van der Waals surface area contributed by atoms with Crippen LogP contribution in [-0.2, 0) is 0 Å². The van der Waals surface area contributed by atoms with Gasteiger partial charge in [-0.2, -0.15) is 0 Å². The van der Waals surface area contributed by atoms with E-state index >= 15 is 0 Å². The number of hydrogen-bond donors (Lipinski definition) is 0. The molecule has 244 valence electrons. The van der Waals surface area contributed by atoms with Gasteiger partial charge in [0.15, 0.2) is 11.2 Å². The van der Waals surface area contributed by atoms with Gasteiger partial charge in [-0.1, -0.05) is 109 Å². The van der Waals surface area contributed by atoms with E-state index in [2.05, 4.69) is 126 Å². The van der Waals surface area contributed by atoms with Crippen LogP contribution in [0.4, 0.5) is 17.1 Å². The lowest BCUT2D eigenvalue weighted by Gasteiger charge is -2.25. The Kier molecular flexibility index (Phi) is 6.18. The minimum absolute atomic E-state index is 0.570. The maximum atomic E-state index is 6.61. The van der Waals surface area contributed by atoms with Crippen molar-refractivity contribution in [2.75, 3.05) is 4.90 Å². The zero-order valence-corrected chi connectivity index (χ0v) is 27.8. The van der Waals surface area contributed by atoms with Gasteiger partial charge in [0.2, 0.25) is 5.89 Å². The molecule has 0 unspecified atom stereocenters. The molecule has 0 bridgehead atoms. The van der Waals surface area contributed by atoms with Crippen molar-refractivity contribution < 1.29 is 13.3 Å². The second kappa shape index (κ2) is 11.2. The van der Waals surface area contributed by atoms with Gasteiger partial charge in [-0.05, 0) is 71.1 Å². The molecule has 0 amide bonds. The first-order valence-corrected chi connectivity index (χ1v) is 17.4. The van der Waals surface area contributed by atoms with Crippen LogP contribution in [0.3, 0.4) is 0 Å². The van der Waals surface area contributed by atoms with Gasteiger partial charge in [-0.15, -0.1) is 0 Å². The minimum Gasteiger partial charge on any atom is -0.456 e. The number of aromatic nitrogens is 1. The number of fused-ring (bicyclic) bond motifs is 9. The zero-order valence-electron chi connectivity index (χ0n) is 27.8. The molecule has 0 radical (unpaired) electrons. The fourth-order valence-electron chi connectivity index (χ4n) is 7.67. The van der Waals surface area contributed by atoms with Gasteiger partial charge in [0, 0.05) is 44.2 Å². The first kappa shape index (κ1) is 28.7. The Bertz CT molecular complexity index is 3130. The Morgan fingerprint density at radius 3 is 2.06 bits per heavy atom. The predicted octanol–water partition coefficient (Wildman–Crippen LogP) is 13.6. The Morgan fingerprint density at radius 2 is 1.15 bits per heavy atom. The normalized spacial score (nSPS) is 11.8. The monoisotopic (exact) mass is 668 g/mol. The Morgan fingerprint density at radius 1 is 0.423 bits per heavy atom. The van der Waals surface area contributed by atoms with E-state index in [1.807, 2.05) is 48.5 Å². The molecule has 3 aromatic heterocycles. The number of benzene rings is 8. The van der Waals surface area contributed by atoms with Crippen LogP contribution in [0.15, 0.2) is 183 Å². The molecule has 52 heavy (non-hydrogen) atoms. The van der Waals surface area contributed by atoms with Crippen molar-refractivity contribution in [3.8, 4) is 22.6 Å². The van der Waals surface area contributed by atoms with Crippen molar-refractivity contribution in [1.29, 1.82) is 0 Å². The van der Waals surface area contributed by atoms with E-state index in [1.165, 1.54) is 5.56 Å². The van der Waals surface area contributed by atoms with Crippen LogP contribution in [0, 0.1) is 0 Å². The van der Waals surface area contributed by atoms with Crippen molar-refractivity contribution >= 4 is 82.8 Å². The molecular formula is C47H28N2O3. The highest BCUT2D eigenvalue weighted by Gasteiger charge is 2.22. The Hall–Kier alpha value is -7.11. The standard InChI is InChI=1S/C47H28N2O3/c1-2-10-29(11-3-1)30-20-23-32(24-21-30)49(40-17-8-15-36-35-14-6-7-18-41(35)51-46(36)40)33-25-26-37-43(28-33)50-42-19-9-16-38(44(37)42)47-48-39-27-22-31-12-4-5-13-34(31)45(39)52-47/h1-28H. The van der Waals surface area contributed by atoms with E-state index in [4.69, 9.17) is 18.2 Å². The van der Waals surface area contributed by atoms with Crippen molar-refractivity contribution in [2.45, 2.75) is 0 Å². The van der Waals surface area contributed by atoms with Crippen LogP contribution in [0.1, 0.15) is 0 Å². The fraction of sp³-hybridized carbons (Fsp3) is 0. The van der Waals surface area contributed by atoms with Crippen molar-refractivity contribution in [3.63, 3.8) is 0 Å². The van der Waals surface area contributed by atoms with E-state index < -0.39 is 0 Å². The summed E-state index contributed by atoms with van der Waals surface area (Å²) in [7, 11) is 0. The highest BCUT2D eigenvalue weighted by atomic mass is 16.4. The summed E-state index contributed by atoms with van der Waals surface area (Å²) in [4.78, 5) is 7.19. The molecule has 0 fully saturated rings. The molecule has 3 heterocycles. The zero-order chi connectivity index (χ0) is 34.2. The third-order valence-electron chi connectivity index (χ3n) is 10.1. The van der Waals surface area contributed by atoms with Crippen LogP contribution in [0.5, 0.6) is 0 Å². The number of rotatable bonds is 5. The average molecular weight is 669 g/mol. The van der Waals surface area contributed by atoms with E-state index in [-0.39, 0.29) is 0 Å². The van der Waals surface area contributed by atoms with E-state index in [0.29, 0.717) is 5.89 Å². The summed E-state index contributed by atoms with van der Waals surface area (Å²) in [5.41, 5.74) is 10.9. The van der Waals surface area contributed by atoms with Crippen molar-refractivity contribution in [1.82, 2.24) is 4.98 Å². The Labute approximate surface area is 297 Å². The van der Waals surface area contributed by atoms with Gasteiger partial charge in [0.1, 0.15) is 22.3 Å². The molecule has 5 nitrogen and oxygen atoms in total. The minimum atomic E-state index is 0.570. The summed E-state index contributed by atoms with van der Waals surface area (Å²) in [6, 6.07) is 58.5. The van der Waals surface area contributed by atoms with E-state index in [1.54, 1.807) is 0 Å². The molecule has 8 aromatic carbocycles. The Balaban J connectivity index is 1.09. The predicted molar refractivity (Wildman–Crippen MR) is 212 cm³/mol. The molecule has 0 atom stereocenters. The summed E-state index contributed by atoms with van der Waals surface area (Å²) in [6.07, 6.45) is 0. The molecule has 0 saturated carbocycles. The number of para-hydroxylation sites is 2. The van der Waals surface area contributed by atoms with Gasteiger partial charge in [0.25, 0.3) is 0 Å². The summed E-state index contributed by atoms with van der Waals surface area (Å²) in [6.45, 7) is 0. The third kappa shape index (κ3) is 4.39. The topological polar surface area (TPSA) is 55.6 Å². The largest absolute Gasteiger partial charge is 0.456 e. The molecule has 0 aliphatic heterocycles. The SMILES string of the molecule is c1ccc(-c2ccc(N(c3ccc4c(c3)oc3cccc(-c5nc6ccc7ccccc7c6o5)c34)c3cccc4c3oc3ccccc34)cc2)cc1. The molecule has 11 rings (SSSR count). The van der Waals surface area contributed by atoms with Crippen molar-refractivity contribution in [2.24, 2.45) is 0 Å². The third-order valence-corrected chi connectivity index (χ3v) is 10.1. The second-order valence-corrected chi connectivity index (χ2v) is 13.1. The van der Waals surface area contributed by atoms with Crippen LogP contribution in [-0.4, -0.2) is 4.98 Å². The highest BCUT2D eigenvalue weighted by molar-refractivity contribution is 6.14. The quantitative estimate of drug-likeness (QED) is 0.183. The maximum absolute atomic E-state index is 6.61. The summed E-state index contributed by atoms with van der Waals surface area (Å²) in [5.74, 6) is 0.570. The molecular weight excluding hydrogens is 641 g/mol. The smallest absolute Gasteiger partial charge is 0.228 e. The van der Waals surface area contributed by atoms with Gasteiger partial charge in [0.05, 0.1) is 11.4 Å². The van der Waals surface area contributed by atoms with Crippen LogP contribution in [0.2, 0.25) is 0 Å². The molecule has 0 spiro atoms. The van der Waals surface area contributed by atoms with Gasteiger partial charge < -0.3 is 18.2 Å². The van der Waals surface area contributed by atoms with Crippen LogP contribution in [0.25, 0.3) is 88.3 Å². The van der Waals surface area contributed by atoms with Crippen LogP contribution < -0.4 is 4.90 Å². The summed E-state index contributed by atoms with van der Waals surface area (Å²) >= 11 is 0. The van der Waals surface area contributed by atoms with Gasteiger partial charge >= 0.3 is 0 Å². The first-order chi connectivity index (χ1) is 25.8. The second-order valence-electron chi connectivity index (χ2n) is 13.1. The lowest BCUT2D eigenvalue weighted by molar-refractivity contribution is 0.623. The molecule has 0 N–H and O–H groups in total. The number of anilines is 3. The van der Waals surface area contributed by atoms with Crippen LogP contribution >= 0.6 is 0 Å². The number of oxazole rings is 1. The number of nitrogens with zero attached hydrogens (tertiary/aromatic N) is 2. The molecule has 11 aromatic rings. The van der Waals surface area contributed by atoms with Gasteiger partial charge in [-0.25, -0.2) is 4.98 Å². The molecule has 0 aliphatic rings. The molecule has 0 saturated heterocycles. The lowest BCUT2D eigenvalue weighted by Crippen LogP contribution is -2.10.